The maximum Gasteiger partial charge on any atom is 0.304 e. The molecule has 1 saturated heterocycles. The second kappa shape index (κ2) is 6.46. The molecule has 1 aromatic rings. The van der Waals surface area contributed by atoms with E-state index in [1.54, 1.807) is 0 Å². The zero-order valence-corrected chi connectivity index (χ0v) is 12.1. The van der Waals surface area contributed by atoms with Crippen molar-refractivity contribution >= 4 is 15.7 Å². The molecule has 0 aromatic heterocycles. The normalized spacial score (nSPS) is 16.2. The molecule has 0 bridgehead atoms. The Hall–Kier alpha value is -1.58. The number of nitrogens with one attached hydrogen (secondary N) is 1. The van der Waals surface area contributed by atoms with E-state index in [-0.39, 0.29) is 11.4 Å². The molecule has 1 aliphatic heterocycles. The number of hydrogen-bond donors (Lipinski definition) is 1. The minimum Gasteiger partial charge on any atom is -0.302 e. The van der Waals surface area contributed by atoms with E-state index < -0.39 is 26.5 Å². The third-order valence-electron chi connectivity index (χ3n) is 3.34. The zero-order valence-electron chi connectivity index (χ0n) is 11.3. The molecule has 1 fully saturated rings. The molecule has 0 atom stereocenters. The number of hydrogen-bond acceptors (Lipinski definition) is 5. The van der Waals surface area contributed by atoms with Gasteiger partial charge in [-0.05, 0) is 32.0 Å². The van der Waals surface area contributed by atoms with Crippen LogP contribution in [-0.2, 0) is 10.0 Å². The number of sulfonamides is 1. The van der Waals surface area contributed by atoms with E-state index in [0.29, 0.717) is 12.6 Å². The van der Waals surface area contributed by atoms with Crippen molar-refractivity contribution in [2.24, 2.45) is 0 Å². The lowest BCUT2D eigenvalue weighted by atomic mass is 10.3. The highest BCUT2D eigenvalue weighted by Crippen LogP contribution is 2.20. The molecular formula is C12H16FN3O4S. The Labute approximate surface area is 122 Å². The Balaban J connectivity index is 2.01. The molecule has 1 heterocycles. The topological polar surface area (TPSA) is 92.5 Å². The predicted molar refractivity (Wildman–Crippen MR) is 73.9 cm³/mol. The second-order valence-corrected chi connectivity index (χ2v) is 6.58. The largest absolute Gasteiger partial charge is 0.304 e. The minimum atomic E-state index is -3.86. The summed E-state index contributed by atoms with van der Waals surface area (Å²) in [5.74, 6) is -1.16. The van der Waals surface area contributed by atoms with Crippen LogP contribution in [0.15, 0.2) is 23.1 Å². The fraction of sp³-hybridized carbons (Fsp3) is 0.500. The molecule has 1 N–H and O–H groups in total. The van der Waals surface area contributed by atoms with Crippen molar-refractivity contribution in [1.29, 1.82) is 0 Å². The summed E-state index contributed by atoms with van der Waals surface area (Å²) in [6.45, 7) is 2.72. The molecule has 0 unspecified atom stereocenters. The fourth-order valence-electron chi connectivity index (χ4n) is 2.23. The number of rotatable bonds is 6. The van der Waals surface area contributed by atoms with Gasteiger partial charge in [0.05, 0.1) is 9.82 Å². The quantitative estimate of drug-likeness (QED) is 0.626. The molecule has 2 rings (SSSR count). The summed E-state index contributed by atoms with van der Waals surface area (Å²) < 4.78 is 39.8. The van der Waals surface area contributed by atoms with Crippen molar-refractivity contribution in [3.8, 4) is 0 Å². The molecule has 21 heavy (non-hydrogen) atoms. The van der Waals surface area contributed by atoms with Crippen molar-refractivity contribution in [2.75, 3.05) is 26.2 Å². The lowest BCUT2D eigenvalue weighted by Gasteiger charge is -2.14. The van der Waals surface area contributed by atoms with Gasteiger partial charge < -0.3 is 4.90 Å². The van der Waals surface area contributed by atoms with Crippen molar-refractivity contribution < 1.29 is 17.7 Å². The molecule has 7 nitrogen and oxygen atoms in total. The van der Waals surface area contributed by atoms with Gasteiger partial charge in [0.25, 0.3) is 0 Å². The lowest BCUT2D eigenvalue weighted by Crippen LogP contribution is -2.33. The van der Waals surface area contributed by atoms with Crippen LogP contribution >= 0.6 is 0 Å². The van der Waals surface area contributed by atoms with Gasteiger partial charge in [-0.2, -0.15) is 4.39 Å². The van der Waals surface area contributed by atoms with E-state index in [1.165, 1.54) is 0 Å². The van der Waals surface area contributed by atoms with E-state index in [1.807, 2.05) is 0 Å². The number of halogens is 1. The summed E-state index contributed by atoms with van der Waals surface area (Å²) in [6, 6.07) is 2.54. The van der Waals surface area contributed by atoms with Crippen molar-refractivity contribution in [3.63, 3.8) is 0 Å². The highest BCUT2D eigenvalue weighted by molar-refractivity contribution is 7.89. The first-order chi connectivity index (χ1) is 9.90. The van der Waals surface area contributed by atoms with Gasteiger partial charge in [0.1, 0.15) is 0 Å². The fourth-order valence-corrected chi connectivity index (χ4v) is 3.26. The number of nitrogens with zero attached hydrogens (tertiary/aromatic N) is 2. The first-order valence-corrected chi connectivity index (χ1v) is 8.04. The monoisotopic (exact) mass is 317 g/mol. The average Bonchev–Trinajstić information content (AvgIpc) is 2.91. The Kier molecular flexibility index (Phi) is 4.86. The summed E-state index contributed by atoms with van der Waals surface area (Å²) in [5, 5.41) is 10.5. The van der Waals surface area contributed by atoms with E-state index in [0.717, 1.165) is 38.1 Å². The summed E-state index contributed by atoms with van der Waals surface area (Å²) in [7, 11) is -3.86. The Morgan fingerprint density at radius 3 is 2.57 bits per heavy atom. The van der Waals surface area contributed by atoms with Crippen LogP contribution in [0.5, 0.6) is 0 Å². The molecule has 116 valence electrons. The van der Waals surface area contributed by atoms with Crippen LogP contribution < -0.4 is 4.72 Å². The van der Waals surface area contributed by atoms with E-state index >= 15 is 0 Å². The first kappa shape index (κ1) is 15.8. The van der Waals surface area contributed by atoms with Gasteiger partial charge in [-0.3, -0.25) is 10.1 Å². The van der Waals surface area contributed by atoms with Gasteiger partial charge in [-0.1, -0.05) is 0 Å². The maximum absolute atomic E-state index is 13.5. The summed E-state index contributed by atoms with van der Waals surface area (Å²) in [5.41, 5.74) is -0.744. The van der Waals surface area contributed by atoms with Gasteiger partial charge in [-0.25, -0.2) is 13.1 Å². The van der Waals surface area contributed by atoms with Crippen molar-refractivity contribution in [2.45, 2.75) is 17.7 Å². The van der Waals surface area contributed by atoms with Gasteiger partial charge in [-0.15, -0.1) is 0 Å². The molecule has 0 amide bonds. The van der Waals surface area contributed by atoms with Gasteiger partial charge in [0, 0.05) is 25.2 Å². The highest BCUT2D eigenvalue weighted by atomic mass is 32.2. The molecule has 0 radical (unpaired) electrons. The molecule has 0 saturated carbocycles. The lowest BCUT2D eigenvalue weighted by molar-refractivity contribution is -0.387. The zero-order chi connectivity index (χ0) is 15.5. The van der Waals surface area contributed by atoms with Crippen molar-refractivity contribution in [3.05, 3.63) is 34.1 Å². The maximum atomic E-state index is 13.5. The molecule has 1 aliphatic rings. The van der Waals surface area contributed by atoms with E-state index in [4.69, 9.17) is 0 Å². The number of likely N-dealkylation sites (tertiary alicyclic amines) is 1. The summed E-state index contributed by atoms with van der Waals surface area (Å²) in [4.78, 5) is 11.4. The van der Waals surface area contributed by atoms with Crippen LogP contribution in [0.1, 0.15) is 12.8 Å². The summed E-state index contributed by atoms with van der Waals surface area (Å²) in [6.07, 6.45) is 2.22. The third-order valence-corrected chi connectivity index (χ3v) is 4.80. The third kappa shape index (κ3) is 3.96. The van der Waals surface area contributed by atoms with Crippen LogP contribution in [0, 0.1) is 15.9 Å². The average molecular weight is 317 g/mol. The Morgan fingerprint density at radius 2 is 2.00 bits per heavy atom. The van der Waals surface area contributed by atoms with Crippen LogP contribution in [-0.4, -0.2) is 44.4 Å². The smallest absolute Gasteiger partial charge is 0.302 e. The van der Waals surface area contributed by atoms with E-state index in [2.05, 4.69) is 9.62 Å². The SMILES string of the molecule is O=[N+]([O-])c1ccc(S(=O)(=O)NCCN2CCCC2)cc1F. The predicted octanol–water partition coefficient (Wildman–Crippen LogP) is 1.11. The Morgan fingerprint density at radius 1 is 1.33 bits per heavy atom. The number of benzene rings is 1. The summed E-state index contributed by atoms with van der Waals surface area (Å²) >= 11 is 0. The number of nitro groups is 1. The molecule has 9 heteroatoms. The van der Waals surface area contributed by atoms with Crippen LogP contribution in [0.3, 0.4) is 0 Å². The van der Waals surface area contributed by atoms with Gasteiger partial charge in [0.15, 0.2) is 0 Å². The van der Waals surface area contributed by atoms with Gasteiger partial charge in [0.2, 0.25) is 15.8 Å². The van der Waals surface area contributed by atoms with Crippen LogP contribution in [0.25, 0.3) is 0 Å². The first-order valence-electron chi connectivity index (χ1n) is 6.56. The standard InChI is InChI=1S/C12H16FN3O4S/c13-11-9-10(3-4-12(11)16(17)18)21(19,20)14-5-8-15-6-1-2-7-15/h3-4,9,14H,1-2,5-8H2. The molecule has 0 aliphatic carbocycles. The van der Waals surface area contributed by atoms with Gasteiger partial charge >= 0.3 is 5.69 Å². The van der Waals surface area contributed by atoms with E-state index in [9.17, 15) is 22.9 Å². The molecular weight excluding hydrogens is 301 g/mol. The Bertz CT molecular complexity index is 629. The second-order valence-electron chi connectivity index (χ2n) is 4.82. The van der Waals surface area contributed by atoms with Crippen LogP contribution in [0.4, 0.5) is 10.1 Å². The van der Waals surface area contributed by atoms with Crippen LogP contribution in [0.2, 0.25) is 0 Å². The molecule has 0 spiro atoms. The number of nitro benzene ring substituents is 1. The van der Waals surface area contributed by atoms with Crippen molar-refractivity contribution in [1.82, 2.24) is 9.62 Å². The minimum absolute atomic E-state index is 0.223. The molecule has 1 aromatic carbocycles. The highest BCUT2D eigenvalue weighted by Gasteiger charge is 2.20.